The number of carbonyl (C=O) groups excluding carboxylic acids is 2. The van der Waals surface area contributed by atoms with Crippen LogP contribution < -0.4 is 24.2 Å². The van der Waals surface area contributed by atoms with Crippen molar-refractivity contribution >= 4 is 33.8 Å². The summed E-state index contributed by atoms with van der Waals surface area (Å²) in [5, 5.41) is 2.14. The molecule has 1 heterocycles. The van der Waals surface area contributed by atoms with Crippen LogP contribution in [0.4, 0.5) is 16.4 Å². The van der Waals surface area contributed by atoms with Crippen molar-refractivity contribution in [2.75, 3.05) is 31.4 Å². The molecule has 2 rings (SSSR count). The smallest absolute Gasteiger partial charge is 0.339 e. The Kier molecular flexibility index (Phi) is 6.55. The number of methoxy groups -OCH3 is 3. The van der Waals surface area contributed by atoms with Gasteiger partial charge in [-0.05, 0) is 12.1 Å². The normalized spacial score (nSPS) is 10.5. The minimum atomic E-state index is -4.39. The summed E-state index contributed by atoms with van der Waals surface area (Å²) in [5.74, 6) is -0.816. The first-order valence-corrected chi connectivity index (χ1v) is 9.02. The molecule has 3 N–H and O–H groups in total. The maximum Gasteiger partial charge on any atom is 0.339 e. The number of ether oxygens (including phenoxy) is 3. The maximum absolute atomic E-state index is 12.2. The van der Waals surface area contributed by atoms with Gasteiger partial charge in [-0.2, -0.15) is 18.4 Å². The van der Waals surface area contributed by atoms with Gasteiger partial charge in [0.1, 0.15) is 0 Å². The van der Waals surface area contributed by atoms with Crippen LogP contribution >= 0.6 is 0 Å². The third-order valence-electron chi connectivity index (χ3n) is 3.13. The topological polar surface area (TPSA) is 158 Å². The average Bonchev–Trinajstić information content (AvgIpc) is 2.66. The lowest BCUT2D eigenvalue weighted by Gasteiger charge is -2.12. The zero-order chi connectivity index (χ0) is 20.7. The van der Waals surface area contributed by atoms with Crippen LogP contribution in [0.5, 0.6) is 11.8 Å². The van der Waals surface area contributed by atoms with Crippen LogP contribution in [0.25, 0.3) is 0 Å². The second-order valence-corrected chi connectivity index (χ2v) is 6.39. The SMILES string of the molecule is COC(=O)c1ccccc1NS(=O)(=O)NC(=O)Nc1nc(OC)cc(OC)n1. The lowest BCUT2D eigenvalue weighted by molar-refractivity contribution is 0.0602. The third kappa shape index (κ3) is 5.44. The summed E-state index contributed by atoms with van der Waals surface area (Å²) in [4.78, 5) is 31.4. The molecule has 2 amide bonds. The number of benzene rings is 1. The van der Waals surface area contributed by atoms with Crippen LogP contribution in [-0.4, -0.2) is 51.7 Å². The second-order valence-electron chi connectivity index (χ2n) is 4.98. The van der Waals surface area contributed by atoms with E-state index >= 15 is 0 Å². The van der Waals surface area contributed by atoms with Gasteiger partial charge >= 0.3 is 22.2 Å². The molecule has 0 unspecified atom stereocenters. The zero-order valence-electron chi connectivity index (χ0n) is 15.0. The fourth-order valence-corrected chi connectivity index (χ4v) is 2.76. The van der Waals surface area contributed by atoms with Gasteiger partial charge in [0.15, 0.2) is 0 Å². The van der Waals surface area contributed by atoms with Crippen molar-refractivity contribution in [3.05, 3.63) is 35.9 Å². The molecular weight excluding hydrogens is 394 g/mol. The van der Waals surface area contributed by atoms with Gasteiger partial charge < -0.3 is 14.2 Å². The molecule has 0 fully saturated rings. The van der Waals surface area contributed by atoms with Gasteiger partial charge in [-0.3, -0.25) is 10.0 Å². The number of esters is 1. The first kappa shape index (κ1) is 20.7. The lowest BCUT2D eigenvalue weighted by atomic mass is 10.2. The van der Waals surface area contributed by atoms with E-state index in [2.05, 4.69) is 24.7 Å². The summed E-state index contributed by atoms with van der Waals surface area (Å²) in [7, 11) is -0.541. The van der Waals surface area contributed by atoms with Gasteiger partial charge in [-0.15, -0.1) is 0 Å². The van der Waals surface area contributed by atoms with E-state index in [1.54, 1.807) is 4.72 Å². The van der Waals surface area contributed by atoms with Crippen LogP contribution in [0.1, 0.15) is 10.4 Å². The predicted molar refractivity (Wildman–Crippen MR) is 97.6 cm³/mol. The Morgan fingerprint density at radius 1 is 1.00 bits per heavy atom. The first-order chi connectivity index (χ1) is 13.3. The van der Waals surface area contributed by atoms with Gasteiger partial charge in [0, 0.05) is 0 Å². The molecule has 0 atom stereocenters. The molecule has 1 aromatic heterocycles. The molecule has 0 radical (unpaired) electrons. The van der Waals surface area contributed by atoms with Crippen molar-refractivity contribution in [1.82, 2.24) is 14.7 Å². The predicted octanol–water partition coefficient (Wildman–Crippen LogP) is 0.759. The van der Waals surface area contributed by atoms with Crippen molar-refractivity contribution < 1.29 is 32.2 Å². The number of amides is 2. The molecule has 12 nitrogen and oxygen atoms in total. The molecule has 28 heavy (non-hydrogen) atoms. The highest BCUT2D eigenvalue weighted by molar-refractivity contribution is 7.91. The van der Waals surface area contributed by atoms with E-state index in [0.717, 1.165) is 7.11 Å². The van der Waals surface area contributed by atoms with Gasteiger partial charge in [0.25, 0.3) is 0 Å². The summed E-state index contributed by atoms with van der Waals surface area (Å²) in [6.07, 6.45) is 0. The Hall–Kier alpha value is -3.61. The summed E-state index contributed by atoms with van der Waals surface area (Å²) in [6.45, 7) is 0. The largest absolute Gasteiger partial charge is 0.481 e. The van der Waals surface area contributed by atoms with Crippen LogP contribution in [0.15, 0.2) is 30.3 Å². The van der Waals surface area contributed by atoms with Gasteiger partial charge in [-0.1, -0.05) is 12.1 Å². The van der Waals surface area contributed by atoms with Crippen molar-refractivity contribution in [1.29, 1.82) is 0 Å². The van der Waals surface area contributed by atoms with Crippen LogP contribution in [-0.2, 0) is 14.9 Å². The quantitative estimate of drug-likeness (QED) is 0.559. The molecule has 0 aliphatic rings. The molecule has 0 aliphatic carbocycles. The number of hydrogen-bond acceptors (Lipinski definition) is 9. The summed E-state index contributed by atoms with van der Waals surface area (Å²) in [6, 6.07) is 5.93. The van der Waals surface area contributed by atoms with Crippen LogP contribution in [0.2, 0.25) is 0 Å². The molecule has 0 bridgehead atoms. The number of urea groups is 1. The number of nitrogens with one attached hydrogen (secondary N) is 3. The molecule has 0 saturated heterocycles. The van der Waals surface area contributed by atoms with Crippen molar-refractivity contribution in [3.8, 4) is 11.8 Å². The standard InChI is InChI=1S/C15H17N5O7S/c1-25-11-8-12(26-2)17-14(16-11)18-15(22)20-28(23,24)19-10-7-5-4-6-9(10)13(21)27-3/h4-8,19H,1-3H3,(H2,16,17,18,20,22). The number of nitrogens with zero attached hydrogens (tertiary/aromatic N) is 2. The summed E-state index contributed by atoms with van der Waals surface area (Å²) in [5.41, 5.74) is -0.106. The zero-order valence-corrected chi connectivity index (χ0v) is 15.9. The lowest BCUT2D eigenvalue weighted by Crippen LogP contribution is -2.38. The van der Waals surface area contributed by atoms with Crippen molar-refractivity contribution in [2.45, 2.75) is 0 Å². The fraction of sp³-hybridized carbons (Fsp3) is 0.200. The van der Waals surface area contributed by atoms with Crippen LogP contribution in [0.3, 0.4) is 0 Å². The van der Waals surface area contributed by atoms with Gasteiger partial charge in [-0.25, -0.2) is 14.3 Å². The van der Waals surface area contributed by atoms with Gasteiger partial charge in [0.05, 0.1) is 38.6 Å². The Labute approximate surface area is 160 Å². The Bertz CT molecular complexity index is 958. The first-order valence-electron chi connectivity index (χ1n) is 7.54. The molecule has 13 heteroatoms. The molecule has 0 aliphatic heterocycles. The van der Waals surface area contributed by atoms with Crippen LogP contribution in [0, 0.1) is 0 Å². The highest BCUT2D eigenvalue weighted by atomic mass is 32.2. The molecule has 2 aromatic rings. The van der Waals surface area contributed by atoms with E-state index in [1.807, 2.05) is 0 Å². The van der Waals surface area contributed by atoms with E-state index in [1.165, 1.54) is 44.6 Å². The number of hydrogen-bond donors (Lipinski definition) is 3. The highest BCUT2D eigenvalue weighted by Crippen LogP contribution is 2.18. The minimum absolute atomic E-state index is 0.0309. The number of carbonyl (C=O) groups is 2. The van der Waals surface area contributed by atoms with E-state index in [9.17, 15) is 18.0 Å². The van der Waals surface area contributed by atoms with E-state index in [-0.39, 0.29) is 29.0 Å². The Morgan fingerprint density at radius 3 is 2.18 bits per heavy atom. The Balaban J connectivity index is 2.13. The van der Waals surface area contributed by atoms with E-state index in [4.69, 9.17) is 9.47 Å². The molecular formula is C15H17N5O7S. The number of aromatic nitrogens is 2. The van der Waals surface area contributed by atoms with Gasteiger partial charge in [0.2, 0.25) is 17.7 Å². The number of para-hydroxylation sites is 1. The second kappa shape index (κ2) is 8.85. The maximum atomic E-state index is 12.2. The number of rotatable bonds is 7. The molecule has 1 aromatic carbocycles. The summed E-state index contributed by atoms with van der Waals surface area (Å²) >= 11 is 0. The molecule has 0 saturated carbocycles. The number of anilines is 2. The van der Waals surface area contributed by atoms with E-state index < -0.39 is 22.2 Å². The molecule has 0 spiro atoms. The third-order valence-corrected chi connectivity index (χ3v) is 4.07. The molecule has 150 valence electrons. The average molecular weight is 411 g/mol. The highest BCUT2D eigenvalue weighted by Gasteiger charge is 2.20. The van der Waals surface area contributed by atoms with Crippen molar-refractivity contribution in [2.24, 2.45) is 0 Å². The van der Waals surface area contributed by atoms with E-state index in [0.29, 0.717) is 0 Å². The summed E-state index contributed by atoms with van der Waals surface area (Å²) < 4.78 is 42.6. The van der Waals surface area contributed by atoms with Crippen molar-refractivity contribution in [3.63, 3.8) is 0 Å². The monoisotopic (exact) mass is 411 g/mol. The minimum Gasteiger partial charge on any atom is -0.481 e. The fourth-order valence-electron chi connectivity index (χ4n) is 1.95. The Morgan fingerprint density at radius 2 is 1.61 bits per heavy atom.